The fourth-order valence-corrected chi connectivity index (χ4v) is 6.25. The monoisotopic (exact) mass is 535 g/mol. The molecule has 4 N–H and O–H groups in total. The van der Waals surface area contributed by atoms with E-state index in [0.717, 1.165) is 51.5 Å². The quantitative estimate of drug-likeness (QED) is 0.418. The molecule has 10 nitrogen and oxygen atoms in total. The number of piperidine rings is 1. The molecule has 3 unspecified atom stereocenters. The van der Waals surface area contributed by atoms with Crippen molar-refractivity contribution >= 4 is 17.5 Å². The predicted octanol–water partition coefficient (Wildman–Crippen LogP) is 1.17. The third kappa shape index (κ3) is 5.15. The molecule has 10 heteroatoms. The zero-order chi connectivity index (χ0) is 27.1. The number of anilines is 1. The highest BCUT2D eigenvalue weighted by atomic mass is 16.5. The van der Waals surface area contributed by atoms with E-state index in [1.165, 1.54) is 16.0 Å². The standard InChI is InChI=1S/C29H37N5O5/c1-18-13-19(5-6-20(18)15-32-16-21(17-32)33-9-11-39-12-10-33)14-30-23-4-2-3-22-26(23)29(38)34(28(22)37)24-7-8-25(35)31-27(24)36/h2-6,13,21,24-25,28,30,35,37H,7-12,14-17H2,1H3,(H,31,36). The summed E-state index contributed by atoms with van der Waals surface area (Å²) < 4.78 is 5.47. The van der Waals surface area contributed by atoms with Crippen molar-refractivity contribution in [3.05, 3.63) is 64.2 Å². The second kappa shape index (κ2) is 10.9. The van der Waals surface area contributed by atoms with Crippen molar-refractivity contribution in [3.63, 3.8) is 0 Å². The molecular formula is C29H37N5O5. The Balaban J connectivity index is 1.08. The lowest BCUT2D eigenvalue weighted by Gasteiger charge is -2.46. The number of carbonyl (C=O) groups excluding carboxylic acids is 2. The highest BCUT2D eigenvalue weighted by molar-refractivity contribution is 6.06. The van der Waals surface area contributed by atoms with E-state index in [0.29, 0.717) is 42.2 Å². The van der Waals surface area contributed by atoms with Gasteiger partial charge >= 0.3 is 0 Å². The number of likely N-dealkylation sites (tertiary alicyclic amines) is 1. The van der Waals surface area contributed by atoms with Gasteiger partial charge in [-0.1, -0.05) is 30.3 Å². The largest absolute Gasteiger partial charge is 0.380 e. The molecule has 39 heavy (non-hydrogen) atoms. The lowest BCUT2D eigenvalue weighted by atomic mass is 10.0. The molecule has 6 rings (SSSR count). The topological polar surface area (TPSA) is 118 Å². The summed E-state index contributed by atoms with van der Waals surface area (Å²) >= 11 is 0. The number of hydrogen-bond acceptors (Lipinski definition) is 8. The maximum absolute atomic E-state index is 13.4. The fourth-order valence-electron chi connectivity index (χ4n) is 6.25. The van der Waals surface area contributed by atoms with Crippen molar-refractivity contribution < 1.29 is 24.5 Å². The molecule has 4 aliphatic heterocycles. The van der Waals surface area contributed by atoms with Gasteiger partial charge in [-0.2, -0.15) is 0 Å². The third-order valence-corrected chi connectivity index (χ3v) is 8.53. The van der Waals surface area contributed by atoms with E-state index in [1.54, 1.807) is 12.1 Å². The van der Waals surface area contributed by atoms with Gasteiger partial charge in [0.25, 0.3) is 5.91 Å². The van der Waals surface area contributed by atoms with Crippen LogP contribution in [0.1, 0.15) is 51.7 Å². The number of nitrogens with zero attached hydrogens (tertiary/aromatic N) is 3. The Morgan fingerprint density at radius 1 is 1.08 bits per heavy atom. The number of hydrogen-bond donors (Lipinski definition) is 4. The highest BCUT2D eigenvalue weighted by Crippen LogP contribution is 2.39. The Morgan fingerprint density at radius 3 is 2.62 bits per heavy atom. The van der Waals surface area contributed by atoms with Crippen molar-refractivity contribution in [2.45, 2.75) is 57.4 Å². The summed E-state index contributed by atoms with van der Waals surface area (Å²) in [4.78, 5) is 32.1. The second-order valence-electron chi connectivity index (χ2n) is 11.1. The first-order valence-corrected chi connectivity index (χ1v) is 13.9. The van der Waals surface area contributed by atoms with E-state index in [4.69, 9.17) is 4.74 Å². The summed E-state index contributed by atoms with van der Waals surface area (Å²) in [5, 5.41) is 26.5. The van der Waals surface area contributed by atoms with E-state index in [9.17, 15) is 19.8 Å². The summed E-state index contributed by atoms with van der Waals surface area (Å²) in [6.07, 6.45) is -1.50. The lowest BCUT2D eigenvalue weighted by Crippen LogP contribution is -2.60. The molecule has 2 aromatic carbocycles. The van der Waals surface area contributed by atoms with Crippen molar-refractivity contribution in [2.75, 3.05) is 44.7 Å². The van der Waals surface area contributed by atoms with Crippen molar-refractivity contribution in [2.24, 2.45) is 0 Å². The SMILES string of the molecule is Cc1cc(CNc2cccc3c2C(=O)N(C2CCC(O)NC2=O)C3O)ccc1CN1CC(N2CCOCC2)C1. The minimum absolute atomic E-state index is 0.295. The van der Waals surface area contributed by atoms with Gasteiger partial charge in [0.15, 0.2) is 6.23 Å². The van der Waals surface area contributed by atoms with Crippen molar-refractivity contribution in [1.82, 2.24) is 20.0 Å². The van der Waals surface area contributed by atoms with Gasteiger partial charge < -0.3 is 25.6 Å². The second-order valence-corrected chi connectivity index (χ2v) is 11.1. The third-order valence-electron chi connectivity index (χ3n) is 8.53. The number of fused-ring (bicyclic) bond motifs is 1. The van der Waals surface area contributed by atoms with Crippen LogP contribution in [-0.2, 0) is 22.6 Å². The Kier molecular flexibility index (Phi) is 7.30. The Hall–Kier alpha value is -3.02. The molecule has 208 valence electrons. The summed E-state index contributed by atoms with van der Waals surface area (Å²) in [5.41, 5.74) is 5.18. The van der Waals surface area contributed by atoms with E-state index in [1.807, 2.05) is 6.07 Å². The van der Waals surface area contributed by atoms with Crippen LogP contribution < -0.4 is 10.6 Å². The number of aliphatic hydroxyl groups excluding tert-OH is 2. The highest BCUT2D eigenvalue weighted by Gasteiger charge is 2.45. The van der Waals surface area contributed by atoms with Gasteiger partial charge in [0.05, 0.1) is 18.8 Å². The van der Waals surface area contributed by atoms with Gasteiger partial charge in [-0.05, 0) is 42.5 Å². The van der Waals surface area contributed by atoms with Crippen LogP contribution in [0.25, 0.3) is 0 Å². The zero-order valence-corrected chi connectivity index (χ0v) is 22.3. The number of ether oxygens (including phenoxy) is 1. The van der Waals surface area contributed by atoms with Crippen LogP contribution in [0, 0.1) is 6.92 Å². The van der Waals surface area contributed by atoms with Crippen LogP contribution in [0.4, 0.5) is 5.69 Å². The van der Waals surface area contributed by atoms with Crippen LogP contribution in [0.3, 0.4) is 0 Å². The maximum Gasteiger partial charge on any atom is 0.259 e. The number of benzene rings is 2. The van der Waals surface area contributed by atoms with Gasteiger partial charge in [0.2, 0.25) is 5.91 Å². The maximum atomic E-state index is 13.4. The van der Waals surface area contributed by atoms with Crippen molar-refractivity contribution in [1.29, 1.82) is 0 Å². The van der Waals surface area contributed by atoms with Crippen LogP contribution >= 0.6 is 0 Å². The Labute approximate surface area is 228 Å². The molecule has 2 aromatic rings. The molecular weight excluding hydrogens is 498 g/mol. The van der Waals surface area contributed by atoms with Crippen LogP contribution in [-0.4, -0.2) is 94.4 Å². The zero-order valence-electron chi connectivity index (χ0n) is 22.3. The average Bonchev–Trinajstić information content (AvgIpc) is 3.16. The number of morpholine rings is 1. The molecule has 0 saturated carbocycles. The lowest BCUT2D eigenvalue weighted by molar-refractivity contribution is -0.136. The first kappa shape index (κ1) is 26.2. The molecule has 3 saturated heterocycles. The molecule has 0 aliphatic carbocycles. The van der Waals surface area contributed by atoms with Gasteiger partial charge in [0, 0.05) is 56.6 Å². The summed E-state index contributed by atoms with van der Waals surface area (Å²) in [7, 11) is 0. The molecule has 0 spiro atoms. The summed E-state index contributed by atoms with van der Waals surface area (Å²) in [6, 6.07) is 11.7. The number of aryl methyl sites for hydroxylation is 1. The van der Waals surface area contributed by atoms with Gasteiger partial charge in [0.1, 0.15) is 12.3 Å². The Morgan fingerprint density at radius 2 is 1.87 bits per heavy atom. The predicted molar refractivity (Wildman–Crippen MR) is 145 cm³/mol. The minimum atomic E-state index is -1.20. The van der Waals surface area contributed by atoms with E-state index in [2.05, 4.69) is 45.6 Å². The molecule has 4 heterocycles. The van der Waals surface area contributed by atoms with Crippen LogP contribution in [0.2, 0.25) is 0 Å². The summed E-state index contributed by atoms with van der Waals surface area (Å²) in [6.45, 7) is 9.56. The molecule has 2 amide bonds. The summed E-state index contributed by atoms with van der Waals surface area (Å²) in [5.74, 6) is -0.831. The molecule has 3 atom stereocenters. The number of amides is 2. The molecule has 4 aliphatic rings. The molecule has 3 fully saturated rings. The van der Waals surface area contributed by atoms with Crippen LogP contribution in [0.5, 0.6) is 0 Å². The van der Waals surface area contributed by atoms with E-state index >= 15 is 0 Å². The van der Waals surface area contributed by atoms with E-state index in [-0.39, 0.29) is 5.91 Å². The number of carbonyl (C=O) groups is 2. The fraction of sp³-hybridized carbons (Fsp3) is 0.517. The molecule has 0 aromatic heterocycles. The molecule has 0 radical (unpaired) electrons. The smallest absolute Gasteiger partial charge is 0.259 e. The minimum Gasteiger partial charge on any atom is -0.380 e. The van der Waals surface area contributed by atoms with Crippen LogP contribution in [0.15, 0.2) is 36.4 Å². The van der Waals surface area contributed by atoms with Crippen molar-refractivity contribution in [3.8, 4) is 0 Å². The van der Waals surface area contributed by atoms with Gasteiger partial charge in [-0.3, -0.25) is 24.3 Å². The van der Waals surface area contributed by atoms with Gasteiger partial charge in [-0.15, -0.1) is 0 Å². The number of rotatable bonds is 7. The van der Waals surface area contributed by atoms with E-state index < -0.39 is 24.4 Å². The first-order chi connectivity index (χ1) is 18.9. The number of aliphatic hydroxyl groups is 2. The Bertz CT molecular complexity index is 1240. The molecule has 0 bridgehead atoms. The van der Waals surface area contributed by atoms with Gasteiger partial charge in [-0.25, -0.2) is 0 Å². The number of nitrogens with one attached hydrogen (secondary N) is 2. The first-order valence-electron chi connectivity index (χ1n) is 13.9. The average molecular weight is 536 g/mol. The normalized spacial score (nSPS) is 26.3.